The van der Waals surface area contributed by atoms with Gasteiger partial charge in [-0.1, -0.05) is 32.8 Å². The molecule has 0 unspecified atom stereocenters. The molecule has 3 nitrogen and oxygen atoms in total. The molecule has 0 saturated heterocycles. The molecule has 0 N–H and O–H groups in total. The molecule has 1 aromatic carbocycles. The molecule has 4 heteroatoms. The van der Waals surface area contributed by atoms with Crippen LogP contribution in [-0.4, -0.2) is 21.2 Å². The van der Waals surface area contributed by atoms with E-state index in [0.717, 1.165) is 5.56 Å². The Kier molecular flexibility index (Phi) is 4.32. The molecule has 0 fully saturated rings. The van der Waals surface area contributed by atoms with Crippen molar-refractivity contribution in [3.8, 4) is 12.3 Å². The minimum absolute atomic E-state index is 0.0629. The second-order valence-corrected chi connectivity index (χ2v) is 7.78. The van der Waals surface area contributed by atoms with Crippen LogP contribution in [0.2, 0.25) is 0 Å². The fourth-order valence-electron chi connectivity index (χ4n) is 1.86. The van der Waals surface area contributed by atoms with Crippen LogP contribution in [0.25, 0.3) is 0 Å². The number of hydrogen-bond acceptors (Lipinski definition) is 2. The van der Waals surface area contributed by atoms with Crippen LogP contribution in [-0.2, 0) is 15.4 Å². The zero-order chi connectivity index (χ0) is 14.8. The molecule has 0 bridgehead atoms. The summed E-state index contributed by atoms with van der Waals surface area (Å²) in [4.78, 5) is 0. The molecule has 19 heavy (non-hydrogen) atoms. The van der Waals surface area contributed by atoms with Gasteiger partial charge in [-0.3, -0.25) is 4.31 Å². The first-order valence-electron chi connectivity index (χ1n) is 6.21. The summed E-state index contributed by atoms with van der Waals surface area (Å²) in [6, 6.07) is 5.51. The maximum atomic E-state index is 12.1. The van der Waals surface area contributed by atoms with E-state index in [-0.39, 0.29) is 11.2 Å². The highest BCUT2D eigenvalue weighted by atomic mass is 32.2. The SMILES string of the molecule is C#Cc1ccc(C(C)(C)C)c(N(C)S(=O)(=O)CC)c1. The van der Waals surface area contributed by atoms with Gasteiger partial charge >= 0.3 is 0 Å². The molecule has 0 aliphatic rings. The minimum Gasteiger partial charge on any atom is -0.273 e. The summed E-state index contributed by atoms with van der Waals surface area (Å²) in [6.45, 7) is 7.78. The topological polar surface area (TPSA) is 37.4 Å². The zero-order valence-corrected chi connectivity index (χ0v) is 13.0. The molecule has 0 heterocycles. The third-order valence-electron chi connectivity index (χ3n) is 3.09. The van der Waals surface area contributed by atoms with E-state index in [1.807, 2.05) is 32.9 Å². The maximum Gasteiger partial charge on any atom is 0.234 e. The molecule has 0 amide bonds. The van der Waals surface area contributed by atoms with Gasteiger partial charge in [-0.25, -0.2) is 8.42 Å². The van der Waals surface area contributed by atoms with Crippen molar-refractivity contribution in [2.24, 2.45) is 0 Å². The second kappa shape index (κ2) is 5.26. The average Bonchev–Trinajstić information content (AvgIpc) is 2.35. The summed E-state index contributed by atoms with van der Waals surface area (Å²) >= 11 is 0. The number of terminal acetylenes is 1. The minimum atomic E-state index is -3.29. The van der Waals surface area contributed by atoms with E-state index in [1.54, 1.807) is 20.0 Å². The van der Waals surface area contributed by atoms with Crippen LogP contribution in [0.3, 0.4) is 0 Å². The van der Waals surface area contributed by atoms with Gasteiger partial charge in [0.15, 0.2) is 0 Å². The van der Waals surface area contributed by atoms with Gasteiger partial charge in [0.05, 0.1) is 11.4 Å². The van der Waals surface area contributed by atoms with Crippen LogP contribution in [0, 0.1) is 12.3 Å². The molecule has 0 spiro atoms. The Balaban J connectivity index is 3.52. The molecule has 0 atom stereocenters. The molecule has 0 aromatic heterocycles. The van der Waals surface area contributed by atoms with E-state index in [2.05, 4.69) is 5.92 Å². The number of rotatable bonds is 3. The quantitative estimate of drug-likeness (QED) is 0.798. The molecular weight excluding hydrogens is 258 g/mol. The lowest BCUT2D eigenvalue weighted by molar-refractivity contribution is 0.585. The van der Waals surface area contributed by atoms with Gasteiger partial charge in [-0.2, -0.15) is 0 Å². The largest absolute Gasteiger partial charge is 0.273 e. The predicted molar refractivity (Wildman–Crippen MR) is 80.9 cm³/mol. The predicted octanol–water partition coefficient (Wildman–Crippen LogP) is 2.75. The molecule has 1 rings (SSSR count). The van der Waals surface area contributed by atoms with Crippen molar-refractivity contribution in [2.45, 2.75) is 33.1 Å². The summed E-state index contributed by atoms with van der Waals surface area (Å²) in [7, 11) is -1.72. The van der Waals surface area contributed by atoms with Crippen molar-refractivity contribution in [1.29, 1.82) is 0 Å². The summed E-state index contributed by atoms with van der Waals surface area (Å²) in [6.07, 6.45) is 5.40. The van der Waals surface area contributed by atoms with Crippen molar-refractivity contribution in [3.63, 3.8) is 0 Å². The lowest BCUT2D eigenvalue weighted by atomic mass is 9.85. The first kappa shape index (κ1) is 15.6. The van der Waals surface area contributed by atoms with Crippen LogP contribution in [0.5, 0.6) is 0 Å². The first-order chi connectivity index (χ1) is 8.63. The Labute approximate surface area is 116 Å². The highest BCUT2D eigenvalue weighted by Gasteiger charge is 2.24. The highest BCUT2D eigenvalue weighted by Crippen LogP contribution is 2.33. The average molecular weight is 279 g/mol. The standard InChI is InChI=1S/C15H21NO2S/c1-7-12-9-10-13(15(3,4)5)14(11-12)16(6)19(17,18)8-2/h1,9-11H,8H2,2-6H3. The van der Waals surface area contributed by atoms with Gasteiger partial charge in [0, 0.05) is 12.6 Å². The Morgan fingerprint density at radius 2 is 1.89 bits per heavy atom. The molecule has 0 radical (unpaired) electrons. The molecule has 0 aliphatic heterocycles. The Morgan fingerprint density at radius 1 is 1.32 bits per heavy atom. The summed E-state index contributed by atoms with van der Waals surface area (Å²) in [5.74, 6) is 2.61. The number of sulfonamides is 1. The number of benzene rings is 1. The van der Waals surface area contributed by atoms with E-state index >= 15 is 0 Å². The van der Waals surface area contributed by atoms with Crippen molar-refractivity contribution < 1.29 is 8.42 Å². The molecule has 0 aliphatic carbocycles. The van der Waals surface area contributed by atoms with Gasteiger partial charge in [0.25, 0.3) is 0 Å². The smallest absolute Gasteiger partial charge is 0.234 e. The van der Waals surface area contributed by atoms with Crippen molar-refractivity contribution in [1.82, 2.24) is 0 Å². The second-order valence-electron chi connectivity index (χ2n) is 5.49. The number of hydrogen-bond donors (Lipinski definition) is 0. The van der Waals surface area contributed by atoms with E-state index in [0.29, 0.717) is 11.3 Å². The summed E-state index contributed by atoms with van der Waals surface area (Å²) < 4.78 is 25.4. The molecular formula is C15H21NO2S. The maximum absolute atomic E-state index is 12.1. The lowest BCUT2D eigenvalue weighted by Gasteiger charge is -2.28. The third kappa shape index (κ3) is 3.30. The van der Waals surface area contributed by atoms with Crippen molar-refractivity contribution >= 4 is 15.7 Å². The molecule has 1 aromatic rings. The summed E-state index contributed by atoms with van der Waals surface area (Å²) in [5.41, 5.74) is 2.15. The number of nitrogens with zero attached hydrogens (tertiary/aromatic N) is 1. The lowest BCUT2D eigenvalue weighted by Crippen LogP contribution is -2.30. The van der Waals surface area contributed by atoms with Crippen molar-refractivity contribution in [3.05, 3.63) is 29.3 Å². The first-order valence-corrected chi connectivity index (χ1v) is 7.82. The fraction of sp³-hybridized carbons (Fsp3) is 0.467. The van der Waals surface area contributed by atoms with Gasteiger partial charge < -0.3 is 0 Å². The number of anilines is 1. The highest BCUT2D eigenvalue weighted by molar-refractivity contribution is 7.92. The monoisotopic (exact) mass is 279 g/mol. The van der Waals surface area contributed by atoms with Crippen LogP contribution in [0.1, 0.15) is 38.8 Å². The van der Waals surface area contributed by atoms with Crippen LogP contribution in [0.15, 0.2) is 18.2 Å². The van der Waals surface area contributed by atoms with Gasteiger partial charge in [0.1, 0.15) is 0 Å². The van der Waals surface area contributed by atoms with Crippen molar-refractivity contribution in [2.75, 3.05) is 17.1 Å². The van der Waals surface area contributed by atoms with E-state index in [1.165, 1.54) is 4.31 Å². The fourth-order valence-corrected chi connectivity index (χ4v) is 2.70. The van der Waals surface area contributed by atoms with Gasteiger partial charge in [-0.05, 0) is 30.0 Å². The Hall–Kier alpha value is -1.47. The molecule has 0 saturated carbocycles. The van der Waals surface area contributed by atoms with E-state index < -0.39 is 10.0 Å². The molecule has 104 valence electrons. The van der Waals surface area contributed by atoms with Gasteiger partial charge in [0.2, 0.25) is 10.0 Å². The Morgan fingerprint density at radius 3 is 2.32 bits per heavy atom. The van der Waals surface area contributed by atoms with Gasteiger partial charge in [-0.15, -0.1) is 6.42 Å². The Bertz CT molecular complexity index is 604. The van der Waals surface area contributed by atoms with Crippen LogP contribution in [0.4, 0.5) is 5.69 Å². The zero-order valence-electron chi connectivity index (χ0n) is 12.2. The summed E-state index contributed by atoms with van der Waals surface area (Å²) in [5, 5.41) is 0. The third-order valence-corrected chi connectivity index (χ3v) is 4.85. The van der Waals surface area contributed by atoms with E-state index in [4.69, 9.17) is 6.42 Å². The van der Waals surface area contributed by atoms with Crippen LogP contribution < -0.4 is 4.31 Å². The van der Waals surface area contributed by atoms with Crippen LogP contribution >= 0.6 is 0 Å². The van der Waals surface area contributed by atoms with E-state index in [9.17, 15) is 8.42 Å². The normalized spacial score (nSPS) is 12.0.